The van der Waals surface area contributed by atoms with Crippen molar-refractivity contribution in [2.24, 2.45) is 0 Å². The smallest absolute Gasteiger partial charge is 0.423 e. The second-order valence-electron chi connectivity index (χ2n) is 3.61. The van der Waals surface area contributed by atoms with E-state index in [-0.39, 0.29) is 0 Å². The molecule has 1 heterocycles. The van der Waals surface area contributed by atoms with Crippen LogP contribution >= 0.6 is 0 Å². The van der Waals surface area contributed by atoms with Crippen LogP contribution in [0.1, 0.15) is 11.4 Å². The fraction of sp³-hybridized carbons (Fsp3) is 0.0909. The van der Waals surface area contributed by atoms with Gasteiger partial charge in [0.25, 0.3) is 0 Å². The third kappa shape index (κ3) is 2.06. The molecule has 0 fully saturated rings. The van der Waals surface area contributed by atoms with Gasteiger partial charge in [-0.25, -0.2) is 4.98 Å². The van der Waals surface area contributed by atoms with E-state index >= 15 is 0 Å². The van der Waals surface area contributed by atoms with E-state index in [1.807, 2.05) is 13.0 Å². The summed E-state index contributed by atoms with van der Waals surface area (Å²) in [6.07, 6.45) is 3.39. The molecular formula is C11H10BN3O2. The molecular weight excluding hydrogens is 217 g/mol. The molecule has 17 heavy (non-hydrogen) atoms. The van der Waals surface area contributed by atoms with Crippen LogP contribution in [0.2, 0.25) is 0 Å². The summed E-state index contributed by atoms with van der Waals surface area (Å²) < 4.78 is 1.77. The molecule has 0 saturated heterocycles. The van der Waals surface area contributed by atoms with Crippen LogP contribution < -0.4 is 5.46 Å². The Labute approximate surface area is 98.7 Å². The van der Waals surface area contributed by atoms with Crippen LogP contribution in [-0.2, 0) is 0 Å². The number of aryl methyl sites for hydroxylation is 1. The third-order valence-corrected chi connectivity index (χ3v) is 2.52. The molecule has 0 unspecified atom stereocenters. The maximum atomic E-state index is 9.07. The molecule has 1 aromatic carbocycles. The number of hydrogen-bond acceptors (Lipinski definition) is 4. The number of hydrogen-bond donors (Lipinski definition) is 2. The molecule has 0 atom stereocenters. The molecule has 0 saturated carbocycles. The maximum absolute atomic E-state index is 9.07. The zero-order valence-corrected chi connectivity index (χ0v) is 9.20. The number of imidazole rings is 1. The first kappa shape index (κ1) is 11.4. The normalized spacial score (nSPS) is 10.0. The fourth-order valence-corrected chi connectivity index (χ4v) is 1.65. The summed E-state index contributed by atoms with van der Waals surface area (Å²) in [5, 5.41) is 27.2. The zero-order valence-electron chi connectivity index (χ0n) is 9.20. The number of nitrogens with zero attached hydrogens (tertiary/aromatic N) is 3. The van der Waals surface area contributed by atoms with Crippen molar-refractivity contribution in [3.63, 3.8) is 0 Å². The summed E-state index contributed by atoms with van der Waals surface area (Å²) >= 11 is 0. The molecule has 0 aliphatic carbocycles. The van der Waals surface area contributed by atoms with Gasteiger partial charge in [-0.2, -0.15) is 5.26 Å². The average molecular weight is 227 g/mol. The molecule has 2 rings (SSSR count). The van der Waals surface area contributed by atoms with E-state index in [4.69, 9.17) is 15.3 Å². The summed E-state index contributed by atoms with van der Waals surface area (Å²) in [5.41, 5.74) is 1.34. The SMILES string of the molecule is Cc1nccn1-c1ccc(B(O)O)cc1C#N. The Bertz CT molecular complexity index is 587. The molecule has 2 N–H and O–H groups in total. The van der Waals surface area contributed by atoms with Gasteiger partial charge in [0.05, 0.1) is 11.3 Å². The Morgan fingerprint density at radius 2 is 2.18 bits per heavy atom. The van der Waals surface area contributed by atoms with Crippen molar-refractivity contribution in [3.05, 3.63) is 42.0 Å². The Morgan fingerprint density at radius 1 is 1.41 bits per heavy atom. The number of benzene rings is 1. The predicted molar refractivity (Wildman–Crippen MR) is 62.8 cm³/mol. The van der Waals surface area contributed by atoms with E-state index < -0.39 is 7.12 Å². The lowest BCUT2D eigenvalue weighted by Crippen LogP contribution is -2.30. The summed E-state index contributed by atoms with van der Waals surface area (Å²) in [4.78, 5) is 4.08. The van der Waals surface area contributed by atoms with Crippen molar-refractivity contribution in [2.45, 2.75) is 6.92 Å². The Morgan fingerprint density at radius 3 is 2.71 bits per heavy atom. The van der Waals surface area contributed by atoms with E-state index in [0.29, 0.717) is 16.7 Å². The van der Waals surface area contributed by atoms with Crippen molar-refractivity contribution in [2.75, 3.05) is 0 Å². The van der Waals surface area contributed by atoms with Crippen LogP contribution in [-0.4, -0.2) is 26.7 Å². The van der Waals surface area contributed by atoms with Crippen LogP contribution in [0, 0.1) is 18.3 Å². The van der Waals surface area contributed by atoms with Gasteiger partial charge in [-0.3, -0.25) is 0 Å². The zero-order chi connectivity index (χ0) is 12.4. The van der Waals surface area contributed by atoms with E-state index in [1.54, 1.807) is 29.1 Å². The molecule has 2 aromatic rings. The first-order valence-electron chi connectivity index (χ1n) is 5.04. The van der Waals surface area contributed by atoms with Gasteiger partial charge in [0.15, 0.2) is 0 Å². The molecule has 0 spiro atoms. The highest BCUT2D eigenvalue weighted by molar-refractivity contribution is 6.58. The predicted octanol–water partition coefficient (Wildman–Crippen LogP) is -0.268. The molecule has 0 bridgehead atoms. The van der Waals surface area contributed by atoms with Crippen molar-refractivity contribution in [3.8, 4) is 11.8 Å². The van der Waals surface area contributed by atoms with E-state index in [9.17, 15) is 0 Å². The second-order valence-corrected chi connectivity index (χ2v) is 3.61. The van der Waals surface area contributed by atoms with Gasteiger partial charge >= 0.3 is 7.12 Å². The van der Waals surface area contributed by atoms with Gasteiger partial charge in [-0.15, -0.1) is 0 Å². The topological polar surface area (TPSA) is 82.1 Å². The van der Waals surface area contributed by atoms with Gasteiger partial charge in [-0.1, -0.05) is 6.07 Å². The quantitative estimate of drug-likeness (QED) is 0.692. The lowest BCUT2D eigenvalue weighted by molar-refractivity contribution is 0.426. The van der Waals surface area contributed by atoms with E-state index in [1.165, 1.54) is 6.07 Å². The van der Waals surface area contributed by atoms with Crippen LogP contribution in [0.5, 0.6) is 0 Å². The second kappa shape index (κ2) is 4.41. The highest BCUT2D eigenvalue weighted by Gasteiger charge is 2.14. The minimum atomic E-state index is -1.57. The third-order valence-electron chi connectivity index (χ3n) is 2.52. The molecule has 6 heteroatoms. The van der Waals surface area contributed by atoms with Crippen molar-refractivity contribution in [1.82, 2.24) is 9.55 Å². The Kier molecular flexibility index (Phi) is 2.96. The summed E-state index contributed by atoms with van der Waals surface area (Å²) in [5.74, 6) is 0.763. The molecule has 0 aliphatic heterocycles. The summed E-state index contributed by atoms with van der Waals surface area (Å²) in [7, 11) is -1.57. The number of aromatic nitrogens is 2. The highest BCUT2D eigenvalue weighted by Crippen LogP contribution is 2.14. The fourth-order valence-electron chi connectivity index (χ4n) is 1.65. The minimum absolute atomic E-state index is 0.295. The summed E-state index contributed by atoms with van der Waals surface area (Å²) in [6, 6.07) is 6.73. The molecule has 0 amide bonds. The first-order valence-corrected chi connectivity index (χ1v) is 5.04. The molecule has 5 nitrogen and oxygen atoms in total. The van der Waals surface area contributed by atoms with Gasteiger partial charge in [0.1, 0.15) is 11.9 Å². The monoisotopic (exact) mass is 227 g/mol. The van der Waals surface area contributed by atoms with Crippen LogP contribution in [0.25, 0.3) is 5.69 Å². The number of nitriles is 1. The van der Waals surface area contributed by atoms with Crippen molar-refractivity contribution >= 4 is 12.6 Å². The molecule has 1 aromatic heterocycles. The van der Waals surface area contributed by atoms with Gasteiger partial charge in [0, 0.05) is 12.4 Å². The molecule has 0 radical (unpaired) electrons. The van der Waals surface area contributed by atoms with Crippen LogP contribution in [0.15, 0.2) is 30.6 Å². The lowest BCUT2D eigenvalue weighted by atomic mass is 9.79. The Balaban J connectivity index is 2.57. The summed E-state index contributed by atoms with van der Waals surface area (Å²) in [6.45, 7) is 1.83. The lowest BCUT2D eigenvalue weighted by Gasteiger charge is -2.08. The molecule has 84 valence electrons. The average Bonchev–Trinajstić information content (AvgIpc) is 2.74. The van der Waals surface area contributed by atoms with E-state index in [0.717, 1.165) is 5.82 Å². The van der Waals surface area contributed by atoms with Gasteiger partial charge < -0.3 is 14.6 Å². The molecule has 0 aliphatic rings. The first-order chi connectivity index (χ1) is 8.13. The van der Waals surface area contributed by atoms with Crippen LogP contribution in [0.4, 0.5) is 0 Å². The number of rotatable bonds is 2. The standard InChI is InChI=1S/C11H10BN3O2/c1-8-14-4-5-15(8)11-3-2-10(12(16)17)6-9(11)7-13/h2-6,16-17H,1H3. The maximum Gasteiger partial charge on any atom is 0.488 e. The van der Waals surface area contributed by atoms with E-state index in [2.05, 4.69) is 4.98 Å². The van der Waals surface area contributed by atoms with Crippen LogP contribution in [0.3, 0.4) is 0 Å². The van der Waals surface area contributed by atoms with Gasteiger partial charge in [0.2, 0.25) is 0 Å². The minimum Gasteiger partial charge on any atom is -0.423 e. The Hall–Kier alpha value is -2.10. The van der Waals surface area contributed by atoms with Gasteiger partial charge in [-0.05, 0) is 24.5 Å². The van der Waals surface area contributed by atoms with Crippen molar-refractivity contribution < 1.29 is 10.0 Å². The van der Waals surface area contributed by atoms with Crippen molar-refractivity contribution in [1.29, 1.82) is 5.26 Å². The highest BCUT2D eigenvalue weighted by atomic mass is 16.4. The largest absolute Gasteiger partial charge is 0.488 e.